The van der Waals surface area contributed by atoms with Crippen LogP contribution in [0.5, 0.6) is 0 Å². The highest BCUT2D eigenvalue weighted by Crippen LogP contribution is 2.20. The predicted molar refractivity (Wildman–Crippen MR) is 73.3 cm³/mol. The minimum absolute atomic E-state index is 0.229. The Morgan fingerprint density at radius 3 is 2.95 bits per heavy atom. The highest BCUT2D eigenvalue weighted by Gasteiger charge is 2.14. The maximum absolute atomic E-state index is 12.1. The zero-order valence-corrected chi connectivity index (χ0v) is 10.6. The molecule has 0 bridgehead atoms. The van der Waals surface area contributed by atoms with E-state index < -0.39 is 0 Å². The second kappa shape index (κ2) is 5.36. The molecular weight excluding hydrogens is 240 g/mol. The highest BCUT2D eigenvalue weighted by atomic mass is 16.2. The van der Waals surface area contributed by atoms with Crippen molar-refractivity contribution in [3.63, 3.8) is 0 Å². The van der Waals surface area contributed by atoms with Crippen molar-refractivity contribution in [2.45, 2.75) is 6.42 Å². The van der Waals surface area contributed by atoms with E-state index in [1.54, 1.807) is 13.1 Å². The molecule has 19 heavy (non-hydrogen) atoms. The van der Waals surface area contributed by atoms with Crippen LogP contribution in [0.25, 0.3) is 10.9 Å². The van der Waals surface area contributed by atoms with E-state index in [0.29, 0.717) is 29.9 Å². The summed E-state index contributed by atoms with van der Waals surface area (Å²) < 4.78 is 0. The van der Waals surface area contributed by atoms with Gasteiger partial charge in [0.05, 0.1) is 18.0 Å². The SMILES string of the molecule is CN(CCC#N)C(=O)c1cc(N)c2ccccc2n1. The Bertz CT molecular complexity index is 660. The molecule has 0 fully saturated rings. The number of nitrogens with zero attached hydrogens (tertiary/aromatic N) is 3. The fourth-order valence-corrected chi connectivity index (χ4v) is 1.83. The van der Waals surface area contributed by atoms with Crippen LogP contribution >= 0.6 is 0 Å². The number of benzene rings is 1. The largest absolute Gasteiger partial charge is 0.398 e. The molecule has 2 rings (SSSR count). The number of nitriles is 1. The molecule has 5 heteroatoms. The van der Waals surface area contributed by atoms with Gasteiger partial charge in [0.25, 0.3) is 5.91 Å². The first kappa shape index (κ1) is 12.8. The van der Waals surface area contributed by atoms with Crippen molar-refractivity contribution < 1.29 is 4.79 Å². The number of anilines is 1. The molecule has 0 unspecified atom stereocenters. The van der Waals surface area contributed by atoms with E-state index >= 15 is 0 Å². The van der Waals surface area contributed by atoms with Gasteiger partial charge >= 0.3 is 0 Å². The summed E-state index contributed by atoms with van der Waals surface area (Å²) in [5, 5.41) is 9.36. The second-order valence-electron chi connectivity index (χ2n) is 4.25. The smallest absolute Gasteiger partial charge is 0.272 e. The molecule has 96 valence electrons. The number of rotatable bonds is 3. The molecule has 2 aromatic rings. The lowest BCUT2D eigenvalue weighted by molar-refractivity contribution is 0.0792. The van der Waals surface area contributed by atoms with E-state index in [-0.39, 0.29) is 5.91 Å². The van der Waals surface area contributed by atoms with Crippen molar-refractivity contribution in [1.29, 1.82) is 5.26 Å². The van der Waals surface area contributed by atoms with Crippen LogP contribution in [0.15, 0.2) is 30.3 Å². The van der Waals surface area contributed by atoms with Crippen LogP contribution in [0.3, 0.4) is 0 Å². The number of fused-ring (bicyclic) bond motifs is 1. The predicted octanol–water partition coefficient (Wildman–Crippen LogP) is 1.80. The van der Waals surface area contributed by atoms with Crippen molar-refractivity contribution in [2.24, 2.45) is 0 Å². The molecule has 1 aromatic heterocycles. The number of nitrogen functional groups attached to an aromatic ring is 1. The van der Waals surface area contributed by atoms with Gasteiger partial charge in [-0.05, 0) is 12.1 Å². The summed E-state index contributed by atoms with van der Waals surface area (Å²) in [6.45, 7) is 0.379. The van der Waals surface area contributed by atoms with Gasteiger partial charge < -0.3 is 10.6 Å². The van der Waals surface area contributed by atoms with Crippen molar-refractivity contribution in [3.8, 4) is 6.07 Å². The Kier molecular flexibility index (Phi) is 3.62. The van der Waals surface area contributed by atoms with E-state index in [4.69, 9.17) is 11.0 Å². The molecule has 5 nitrogen and oxygen atoms in total. The van der Waals surface area contributed by atoms with Gasteiger partial charge in [-0.1, -0.05) is 18.2 Å². The standard InChI is InChI=1S/C14H14N4O/c1-18(8-4-7-15)14(19)13-9-11(16)10-5-2-3-6-12(10)17-13/h2-3,5-6,9H,4,8H2,1H3,(H2,16,17). The highest BCUT2D eigenvalue weighted by molar-refractivity contribution is 5.99. The van der Waals surface area contributed by atoms with E-state index in [2.05, 4.69) is 4.98 Å². The average molecular weight is 254 g/mol. The number of amides is 1. The summed E-state index contributed by atoms with van der Waals surface area (Å²) in [6.07, 6.45) is 0.297. The Labute approximate surface area is 111 Å². The first-order valence-electron chi connectivity index (χ1n) is 5.91. The van der Waals surface area contributed by atoms with Crippen molar-refractivity contribution >= 4 is 22.5 Å². The van der Waals surface area contributed by atoms with Crippen molar-refractivity contribution in [1.82, 2.24) is 9.88 Å². The van der Waals surface area contributed by atoms with Gasteiger partial charge in [-0.3, -0.25) is 4.79 Å². The molecule has 2 N–H and O–H groups in total. The maximum Gasteiger partial charge on any atom is 0.272 e. The molecule has 0 spiro atoms. The first-order valence-corrected chi connectivity index (χ1v) is 5.91. The number of hydrogen-bond acceptors (Lipinski definition) is 4. The van der Waals surface area contributed by atoms with Crippen LogP contribution in [0.2, 0.25) is 0 Å². The molecule has 0 atom stereocenters. The second-order valence-corrected chi connectivity index (χ2v) is 4.25. The van der Waals surface area contributed by atoms with Crippen LogP contribution in [0, 0.1) is 11.3 Å². The molecule has 1 heterocycles. The average Bonchev–Trinajstić information content (AvgIpc) is 2.43. The fourth-order valence-electron chi connectivity index (χ4n) is 1.83. The summed E-state index contributed by atoms with van der Waals surface area (Å²) in [5.74, 6) is -0.229. The lowest BCUT2D eigenvalue weighted by Crippen LogP contribution is -2.28. The van der Waals surface area contributed by atoms with Gasteiger partial charge in [-0.2, -0.15) is 5.26 Å². The van der Waals surface area contributed by atoms with Crippen LogP contribution < -0.4 is 5.73 Å². The quantitative estimate of drug-likeness (QED) is 0.905. The van der Waals surface area contributed by atoms with Crippen LogP contribution in [-0.4, -0.2) is 29.4 Å². The third kappa shape index (κ3) is 2.63. The van der Waals surface area contributed by atoms with E-state index in [0.717, 1.165) is 5.39 Å². The van der Waals surface area contributed by atoms with E-state index in [1.165, 1.54) is 4.90 Å². The minimum atomic E-state index is -0.229. The number of pyridine rings is 1. The summed E-state index contributed by atoms with van der Waals surface area (Å²) in [4.78, 5) is 17.9. The zero-order valence-electron chi connectivity index (χ0n) is 10.6. The minimum Gasteiger partial charge on any atom is -0.398 e. The molecule has 0 aliphatic heterocycles. The third-order valence-corrected chi connectivity index (χ3v) is 2.87. The molecule has 1 amide bonds. The summed E-state index contributed by atoms with van der Waals surface area (Å²) >= 11 is 0. The summed E-state index contributed by atoms with van der Waals surface area (Å²) in [5.41, 5.74) is 7.46. The van der Waals surface area contributed by atoms with Crippen LogP contribution in [0.4, 0.5) is 5.69 Å². The molecule has 1 aromatic carbocycles. The van der Waals surface area contributed by atoms with Gasteiger partial charge in [0.2, 0.25) is 0 Å². The Balaban J connectivity index is 2.35. The lowest BCUT2D eigenvalue weighted by atomic mass is 10.1. The lowest BCUT2D eigenvalue weighted by Gasteiger charge is -2.15. The fraction of sp³-hybridized carbons (Fsp3) is 0.214. The topological polar surface area (TPSA) is 83.0 Å². The number of hydrogen-bond donors (Lipinski definition) is 1. The Hall–Kier alpha value is -2.61. The summed E-state index contributed by atoms with van der Waals surface area (Å²) in [7, 11) is 1.65. The number of nitrogens with two attached hydrogens (primary N) is 1. The van der Waals surface area contributed by atoms with Gasteiger partial charge in [0, 0.05) is 24.7 Å². The first-order chi connectivity index (χ1) is 9.13. The Morgan fingerprint density at radius 2 is 2.21 bits per heavy atom. The van der Waals surface area contributed by atoms with Crippen LogP contribution in [0.1, 0.15) is 16.9 Å². The van der Waals surface area contributed by atoms with E-state index in [9.17, 15) is 4.79 Å². The van der Waals surface area contributed by atoms with Crippen molar-refractivity contribution in [2.75, 3.05) is 19.3 Å². The molecule has 0 aliphatic rings. The number of aromatic nitrogens is 1. The molecule has 0 aliphatic carbocycles. The molecule has 0 saturated heterocycles. The summed E-state index contributed by atoms with van der Waals surface area (Å²) in [6, 6.07) is 11.0. The Morgan fingerprint density at radius 1 is 1.47 bits per heavy atom. The number of carbonyl (C=O) groups is 1. The number of carbonyl (C=O) groups excluding carboxylic acids is 1. The number of para-hydroxylation sites is 1. The van der Waals surface area contributed by atoms with Crippen molar-refractivity contribution in [3.05, 3.63) is 36.0 Å². The molecule has 0 saturated carbocycles. The zero-order chi connectivity index (χ0) is 13.8. The van der Waals surface area contributed by atoms with Gasteiger partial charge in [-0.15, -0.1) is 0 Å². The normalized spacial score (nSPS) is 10.1. The molecule has 0 radical (unpaired) electrons. The monoisotopic (exact) mass is 254 g/mol. The third-order valence-electron chi connectivity index (χ3n) is 2.87. The molecular formula is C14H14N4O. The van der Waals surface area contributed by atoms with Gasteiger partial charge in [0.15, 0.2) is 0 Å². The van der Waals surface area contributed by atoms with Gasteiger partial charge in [0.1, 0.15) is 5.69 Å². The maximum atomic E-state index is 12.1. The van der Waals surface area contributed by atoms with Crippen LogP contribution in [-0.2, 0) is 0 Å². The van der Waals surface area contributed by atoms with Gasteiger partial charge in [-0.25, -0.2) is 4.98 Å². The van der Waals surface area contributed by atoms with E-state index in [1.807, 2.05) is 30.3 Å².